The Morgan fingerprint density at radius 3 is 0.964 bits per heavy atom. The summed E-state index contributed by atoms with van der Waals surface area (Å²) in [6, 6.07) is 0. The van der Waals surface area contributed by atoms with Crippen LogP contribution in [0.5, 0.6) is 0 Å². The van der Waals surface area contributed by atoms with Crippen LogP contribution in [0.4, 0.5) is 17.6 Å². The van der Waals surface area contributed by atoms with E-state index in [0.29, 0.717) is 12.8 Å². The number of hydrogen-bond acceptors (Lipinski definition) is 0. The van der Waals surface area contributed by atoms with Gasteiger partial charge in [0, 0.05) is 11.8 Å². The Bertz CT molecular complexity index is 277. The summed E-state index contributed by atoms with van der Waals surface area (Å²) >= 11 is 0. The van der Waals surface area contributed by atoms with Crippen molar-refractivity contribution in [2.45, 2.75) is 142 Å². The largest absolute Gasteiger partial charge is 0.241 e. The highest BCUT2D eigenvalue weighted by Crippen LogP contribution is 2.30. The summed E-state index contributed by atoms with van der Waals surface area (Å²) in [7, 11) is 0. The summed E-state index contributed by atoms with van der Waals surface area (Å²) in [6.45, 7) is 4.35. The zero-order valence-corrected chi connectivity index (χ0v) is 18.5. The van der Waals surface area contributed by atoms with Gasteiger partial charge in [-0.25, -0.2) is 17.6 Å². The summed E-state index contributed by atoms with van der Waals surface area (Å²) < 4.78 is 53.2. The molecule has 2 atom stereocenters. The van der Waals surface area contributed by atoms with Gasteiger partial charge in [-0.05, 0) is 25.7 Å². The molecule has 0 fully saturated rings. The van der Waals surface area contributed by atoms with Crippen molar-refractivity contribution in [3.05, 3.63) is 0 Å². The maximum absolute atomic E-state index is 13.3. The van der Waals surface area contributed by atoms with Crippen molar-refractivity contribution in [3.8, 4) is 0 Å². The minimum Gasteiger partial charge on any atom is -0.210 e. The zero-order valence-electron chi connectivity index (χ0n) is 18.5. The van der Waals surface area contributed by atoms with Crippen LogP contribution in [0, 0.1) is 11.8 Å². The summed E-state index contributed by atoms with van der Waals surface area (Å²) in [5.41, 5.74) is 0. The molecule has 0 aliphatic rings. The van der Waals surface area contributed by atoms with Gasteiger partial charge in [-0.2, -0.15) is 0 Å². The van der Waals surface area contributed by atoms with E-state index in [0.717, 1.165) is 38.5 Å². The monoisotopic (exact) mass is 410 g/mol. The lowest BCUT2D eigenvalue weighted by Gasteiger charge is -2.21. The highest BCUT2D eigenvalue weighted by molar-refractivity contribution is 4.69. The van der Waals surface area contributed by atoms with Crippen LogP contribution in [0.25, 0.3) is 0 Å². The van der Waals surface area contributed by atoms with E-state index < -0.39 is 24.7 Å². The van der Waals surface area contributed by atoms with Crippen LogP contribution in [-0.2, 0) is 0 Å². The van der Waals surface area contributed by atoms with Gasteiger partial charge in [-0.1, -0.05) is 104 Å². The molecule has 0 saturated carbocycles. The second-order valence-electron chi connectivity index (χ2n) is 8.59. The normalized spacial score (nSPS) is 14.1. The van der Waals surface area contributed by atoms with Gasteiger partial charge in [0.25, 0.3) is 0 Å². The van der Waals surface area contributed by atoms with Crippen LogP contribution in [0.1, 0.15) is 129 Å². The van der Waals surface area contributed by atoms with Crippen LogP contribution in [-0.4, -0.2) is 12.9 Å². The van der Waals surface area contributed by atoms with Crippen molar-refractivity contribution in [1.82, 2.24) is 0 Å². The van der Waals surface area contributed by atoms with E-state index in [2.05, 4.69) is 13.8 Å². The molecule has 4 heteroatoms. The van der Waals surface area contributed by atoms with Crippen LogP contribution < -0.4 is 0 Å². The molecular formula is C24H46F4. The third-order valence-electron chi connectivity index (χ3n) is 5.98. The molecule has 0 aliphatic carbocycles. The Morgan fingerprint density at radius 1 is 0.393 bits per heavy atom. The highest BCUT2D eigenvalue weighted by atomic mass is 19.3. The molecule has 0 N–H and O–H groups in total. The molecule has 0 aliphatic heterocycles. The fourth-order valence-electron chi connectivity index (χ4n) is 3.95. The van der Waals surface area contributed by atoms with Gasteiger partial charge in [0.05, 0.1) is 0 Å². The predicted molar refractivity (Wildman–Crippen MR) is 113 cm³/mol. The Balaban J connectivity index is 3.98. The van der Waals surface area contributed by atoms with Crippen molar-refractivity contribution >= 4 is 0 Å². The Kier molecular flexibility index (Phi) is 19.8. The number of rotatable bonds is 21. The number of halogens is 4. The molecule has 0 spiro atoms. The van der Waals surface area contributed by atoms with Gasteiger partial charge in [0.1, 0.15) is 0 Å². The first-order valence-electron chi connectivity index (χ1n) is 12.1. The minimum atomic E-state index is -2.38. The second-order valence-corrected chi connectivity index (χ2v) is 8.59. The molecule has 170 valence electrons. The van der Waals surface area contributed by atoms with Crippen LogP contribution in [0.15, 0.2) is 0 Å². The van der Waals surface area contributed by atoms with Crippen LogP contribution >= 0.6 is 0 Å². The van der Waals surface area contributed by atoms with Crippen molar-refractivity contribution in [1.29, 1.82) is 0 Å². The van der Waals surface area contributed by atoms with E-state index in [1.165, 1.54) is 51.4 Å². The molecule has 0 radical (unpaired) electrons. The van der Waals surface area contributed by atoms with Gasteiger partial charge < -0.3 is 0 Å². The molecule has 0 amide bonds. The number of unbranched alkanes of at least 4 members (excludes halogenated alkanes) is 12. The SMILES string of the molecule is CCCCCCCCCC(CCC(CCCCCCCCC)C(F)F)C(F)F. The summed E-state index contributed by atoms with van der Waals surface area (Å²) in [5, 5.41) is 0. The van der Waals surface area contributed by atoms with E-state index in [9.17, 15) is 17.6 Å². The van der Waals surface area contributed by atoms with Gasteiger partial charge in [-0.3, -0.25) is 0 Å². The second kappa shape index (κ2) is 20.0. The average molecular weight is 411 g/mol. The predicted octanol–water partition coefficient (Wildman–Crippen LogP) is 9.81. The fourth-order valence-corrected chi connectivity index (χ4v) is 3.95. The molecular weight excluding hydrogens is 364 g/mol. The summed E-state index contributed by atoms with van der Waals surface area (Å²) in [5.74, 6) is -1.41. The summed E-state index contributed by atoms with van der Waals surface area (Å²) in [6.07, 6.45) is 12.2. The first-order chi connectivity index (χ1) is 13.5. The molecule has 0 bridgehead atoms. The first kappa shape index (κ1) is 27.7. The zero-order chi connectivity index (χ0) is 21.0. The quantitative estimate of drug-likeness (QED) is 0.130. The molecule has 0 rings (SSSR count). The molecule has 0 nitrogen and oxygen atoms in total. The molecule has 28 heavy (non-hydrogen) atoms. The highest BCUT2D eigenvalue weighted by Gasteiger charge is 2.25. The Labute approximate surface area is 172 Å². The van der Waals surface area contributed by atoms with Crippen LogP contribution in [0.3, 0.4) is 0 Å². The van der Waals surface area contributed by atoms with E-state index in [1.807, 2.05) is 0 Å². The third kappa shape index (κ3) is 16.7. The van der Waals surface area contributed by atoms with Gasteiger partial charge in [0.2, 0.25) is 12.9 Å². The standard InChI is InChI=1S/C24H46F4/c1-3-5-7-9-11-13-15-17-21(23(25)26)19-20-22(24(27)28)18-16-14-12-10-8-6-4-2/h21-24H,3-20H2,1-2H3. The fraction of sp³-hybridized carbons (Fsp3) is 1.00. The molecule has 2 unspecified atom stereocenters. The maximum Gasteiger partial charge on any atom is 0.241 e. The van der Waals surface area contributed by atoms with Crippen molar-refractivity contribution in [2.24, 2.45) is 11.8 Å². The summed E-state index contributed by atoms with van der Waals surface area (Å²) in [4.78, 5) is 0. The molecule has 0 heterocycles. The lowest BCUT2D eigenvalue weighted by atomic mass is 9.89. The third-order valence-corrected chi connectivity index (χ3v) is 5.98. The molecule has 0 aromatic rings. The lowest BCUT2D eigenvalue weighted by Crippen LogP contribution is -2.17. The van der Waals surface area contributed by atoms with Gasteiger partial charge in [-0.15, -0.1) is 0 Å². The lowest BCUT2D eigenvalue weighted by molar-refractivity contribution is 0.0366. The maximum atomic E-state index is 13.3. The van der Waals surface area contributed by atoms with Crippen molar-refractivity contribution in [3.63, 3.8) is 0 Å². The molecule has 0 aromatic heterocycles. The van der Waals surface area contributed by atoms with Crippen molar-refractivity contribution in [2.75, 3.05) is 0 Å². The topological polar surface area (TPSA) is 0 Å². The van der Waals surface area contributed by atoms with E-state index in [-0.39, 0.29) is 12.8 Å². The Hall–Kier alpha value is -0.280. The van der Waals surface area contributed by atoms with Crippen molar-refractivity contribution < 1.29 is 17.6 Å². The van der Waals surface area contributed by atoms with Crippen LogP contribution in [0.2, 0.25) is 0 Å². The van der Waals surface area contributed by atoms with Gasteiger partial charge in [0.15, 0.2) is 0 Å². The minimum absolute atomic E-state index is 0.249. The van der Waals surface area contributed by atoms with Gasteiger partial charge >= 0.3 is 0 Å². The molecule has 0 saturated heterocycles. The first-order valence-corrected chi connectivity index (χ1v) is 12.1. The van der Waals surface area contributed by atoms with E-state index in [4.69, 9.17) is 0 Å². The number of alkyl halides is 4. The average Bonchev–Trinajstić information content (AvgIpc) is 2.66. The Morgan fingerprint density at radius 2 is 0.679 bits per heavy atom. The number of hydrogen-bond donors (Lipinski definition) is 0. The smallest absolute Gasteiger partial charge is 0.210 e. The van der Waals surface area contributed by atoms with E-state index in [1.54, 1.807) is 0 Å². The van der Waals surface area contributed by atoms with E-state index >= 15 is 0 Å². The molecule has 0 aromatic carbocycles.